The largest absolute Gasteiger partial charge is 0.399 e. The normalized spacial score (nSPS) is 28.3. The Morgan fingerprint density at radius 1 is 1.24 bits per heavy atom. The van der Waals surface area contributed by atoms with Gasteiger partial charge in [0.25, 0.3) is 0 Å². The fourth-order valence-electron chi connectivity index (χ4n) is 3.55. The summed E-state index contributed by atoms with van der Waals surface area (Å²) in [6.45, 7) is 2.09. The summed E-state index contributed by atoms with van der Waals surface area (Å²) in [7, 11) is 0. The van der Waals surface area contributed by atoms with Gasteiger partial charge >= 0.3 is 0 Å². The van der Waals surface area contributed by atoms with E-state index >= 15 is 0 Å². The molecular formula is C16H19FN2O2. The number of benzene rings is 1. The van der Waals surface area contributed by atoms with E-state index in [0.29, 0.717) is 17.2 Å². The Kier molecular flexibility index (Phi) is 3.43. The minimum atomic E-state index is -0.473. The van der Waals surface area contributed by atoms with E-state index in [0.717, 1.165) is 19.3 Å². The maximum atomic E-state index is 13.8. The highest BCUT2D eigenvalue weighted by atomic mass is 19.1. The lowest BCUT2D eigenvalue weighted by Crippen LogP contribution is -2.32. The van der Waals surface area contributed by atoms with Crippen LogP contribution in [0.5, 0.6) is 0 Å². The molecule has 1 aliphatic carbocycles. The molecule has 2 amide bonds. The van der Waals surface area contributed by atoms with Gasteiger partial charge < -0.3 is 5.73 Å². The molecule has 21 heavy (non-hydrogen) atoms. The van der Waals surface area contributed by atoms with Gasteiger partial charge in [-0.3, -0.25) is 14.5 Å². The van der Waals surface area contributed by atoms with Gasteiger partial charge in [0, 0.05) is 11.3 Å². The van der Waals surface area contributed by atoms with Crippen LogP contribution in [0, 0.1) is 23.6 Å². The number of amides is 2. The molecule has 2 fully saturated rings. The van der Waals surface area contributed by atoms with Crippen molar-refractivity contribution in [1.82, 2.24) is 4.90 Å². The topological polar surface area (TPSA) is 63.4 Å². The van der Waals surface area contributed by atoms with Crippen LogP contribution < -0.4 is 5.73 Å². The number of fused-ring (bicyclic) bond motifs is 1. The Labute approximate surface area is 123 Å². The first-order valence-electron chi connectivity index (χ1n) is 7.40. The zero-order chi connectivity index (χ0) is 15.1. The first-order chi connectivity index (χ1) is 10.0. The molecule has 0 radical (unpaired) electrons. The number of nitrogen functional groups attached to an aromatic ring is 1. The molecule has 3 rings (SSSR count). The molecule has 1 heterocycles. The molecule has 5 heteroatoms. The van der Waals surface area contributed by atoms with Crippen LogP contribution in [0.2, 0.25) is 0 Å². The Morgan fingerprint density at radius 2 is 1.86 bits per heavy atom. The fourth-order valence-corrected chi connectivity index (χ4v) is 3.55. The molecule has 1 saturated carbocycles. The summed E-state index contributed by atoms with van der Waals surface area (Å²) >= 11 is 0. The number of hydrogen-bond donors (Lipinski definition) is 1. The van der Waals surface area contributed by atoms with Crippen molar-refractivity contribution >= 4 is 17.5 Å². The van der Waals surface area contributed by atoms with Gasteiger partial charge in [0.15, 0.2) is 0 Å². The highest BCUT2D eigenvalue weighted by Gasteiger charge is 2.52. The zero-order valence-electron chi connectivity index (χ0n) is 12.0. The predicted molar refractivity (Wildman–Crippen MR) is 76.4 cm³/mol. The van der Waals surface area contributed by atoms with Gasteiger partial charge in [0.1, 0.15) is 5.82 Å². The maximum Gasteiger partial charge on any atom is 0.233 e. The van der Waals surface area contributed by atoms with Crippen molar-refractivity contribution in [2.45, 2.75) is 32.7 Å². The van der Waals surface area contributed by atoms with Gasteiger partial charge in [0.2, 0.25) is 11.8 Å². The van der Waals surface area contributed by atoms with E-state index in [4.69, 9.17) is 5.73 Å². The van der Waals surface area contributed by atoms with Gasteiger partial charge in [0.05, 0.1) is 18.4 Å². The minimum absolute atomic E-state index is 0.00751. The molecule has 2 N–H and O–H groups in total. The van der Waals surface area contributed by atoms with Gasteiger partial charge in [-0.05, 0) is 30.9 Å². The van der Waals surface area contributed by atoms with Crippen LogP contribution in [0.3, 0.4) is 0 Å². The van der Waals surface area contributed by atoms with Gasteiger partial charge in [-0.15, -0.1) is 0 Å². The predicted octanol–water partition coefficient (Wildman–Crippen LogP) is 2.33. The third-order valence-corrected chi connectivity index (χ3v) is 4.81. The van der Waals surface area contributed by atoms with Gasteiger partial charge in [-0.1, -0.05) is 19.4 Å². The van der Waals surface area contributed by atoms with Crippen molar-refractivity contribution in [3.05, 3.63) is 29.6 Å². The number of carbonyl (C=O) groups excluding carboxylic acids is 2. The first-order valence-corrected chi connectivity index (χ1v) is 7.40. The lowest BCUT2D eigenvalue weighted by atomic mass is 10.00. The molecule has 2 aliphatic rings. The summed E-state index contributed by atoms with van der Waals surface area (Å²) < 4.78 is 13.8. The van der Waals surface area contributed by atoms with Crippen LogP contribution in [-0.4, -0.2) is 16.7 Å². The SMILES string of the molecule is CCC1CC2C(=O)N(Cc3ccc(N)cc3F)C(=O)C2C1. The van der Waals surface area contributed by atoms with Gasteiger partial charge in [-0.2, -0.15) is 0 Å². The van der Waals surface area contributed by atoms with Crippen molar-refractivity contribution in [2.75, 3.05) is 5.73 Å². The molecule has 112 valence electrons. The molecule has 0 aromatic heterocycles. The van der Waals surface area contributed by atoms with Crippen LogP contribution in [0.4, 0.5) is 10.1 Å². The number of nitrogens with zero attached hydrogens (tertiary/aromatic N) is 1. The van der Waals surface area contributed by atoms with Crippen molar-refractivity contribution < 1.29 is 14.0 Å². The minimum Gasteiger partial charge on any atom is -0.399 e. The smallest absolute Gasteiger partial charge is 0.233 e. The molecular weight excluding hydrogens is 271 g/mol. The fraction of sp³-hybridized carbons (Fsp3) is 0.500. The summed E-state index contributed by atoms with van der Waals surface area (Å²) in [5, 5.41) is 0. The quantitative estimate of drug-likeness (QED) is 0.686. The average Bonchev–Trinajstić information content (AvgIpc) is 2.97. The Balaban J connectivity index is 1.79. The van der Waals surface area contributed by atoms with Crippen LogP contribution in [0.25, 0.3) is 0 Å². The Hall–Kier alpha value is -1.91. The highest BCUT2D eigenvalue weighted by Crippen LogP contribution is 2.44. The molecule has 1 aromatic carbocycles. The number of imide groups is 1. The molecule has 0 spiro atoms. The summed E-state index contributed by atoms with van der Waals surface area (Å²) in [4.78, 5) is 26.0. The van der Waals surface area contributed by atoms with E-state index in [9.17, 15) is 14.0 Å². The highest BCUT2D eigenvalue weighted by molar-refractivity contribution is 6.05. The molecule has 1 saturated heterocycles. The second kappa shape index (κ2) is 5.13. The maximum absolute atomic E-state index is 13.8. The molecule has 2 unspecified atom stereocenters. The van der Waals surface area contributed by atoms with Crippen LogP contribution in [0.15, 0.2) is 18.2 Å². The van der Waals surface area contributed by atoms with E-state index < -0.39 is 5.82 Å². The van der Waals surface area contributed by atoms with Crippen molar-refractivity contribution in [3.8, 4) is 0 Å². The standard InChI is InChI=1S/C16H19FN2O2/c1-2-9-5-12-13(6-9)16(21)19(15(12)20)8-10-3-4-11(18)7-14(10)17/h3-4,7,9,12-13H,2,5-6,8,18H2,1H3. The number of rotatable bonds is 3. The number of hydrogen-bond acceptors (Lipinski definition) is 3. The summed E-state index contributed by atoms with van der Waals surface area (Å²) in [6, 6.07) is 4.33. The average molecular weight is 290 g/mol. The van der Waals surface area contributed by atoms with Crippen molar-refractivity contribution in [1.29, 1.82) is 0 Å². The zero-order valence-corrected chi connectivity index (χ0v) is 12.0. The van der Waals surface area contributed by atoms with Crippen molar-refractivity contribution in [2.24, 2.45) is 17.8 Å². The summed E-state index contributed by atoms with van der Waals surface area (Å²) in [5.41, 5.74) is 6.17. The summed E-state index contributed by atoms with van der Waals surface area (Å²) in [5.74, 6) is -0.685. The van der Waals surface area contributed by atoms with Crippen LogP contribution in [-0.2, 0) is 16.1 Å². The number of carbonyl (C=O) groups is 2. The monoisotopic (exact) mass is 290 g/mol. The first kappa shape index (κ1) is 14.0. The third kappa shape index (κ3) is 2.30. The molecule has 4 nitrogen and oxygen atoms in total. The lowest BCUT2D eigenvalue weighted by Gasteiger charge is -2.18. The Bertz CT molecular complexity index is 578. The molecule has 1 aromatic rings. The van der Waals surface area contributed by atoms with E-state index in [-0.39, 0.29) is 30.2 Å². The number of nitrogens with two attached hydrogens (primary N) is 1. The molecule has 0 bridgehead atoms. The van der Waals surface area contributed by atoms with Crippen LogP contribution >= 0.6 is 0 Å². The number of anilines is 1. The van der Waals surface area contributed by atoms with Gasteiger partial charge in [-0.25, -0.2) is 4.39 Å². The van der Waals surface area contributed by atoms with Crippen LogP contribution in [0.1, 0.15) is 31.7 Å². The molecule has 2 atom stereocenters. The third-order valence-electron chi connectivity index (χ3n) is 4.81. The number of halogens is 1. The lowest BCUT2D eigenvalue weighted by molar-refractivity contribution is -0.141. The van der Waals surface area contributed by atoms with E-state index in [1.807, 2.05) is 0 Å². The second-order valence-electron chi connectivity index (χ2n) is 6.07. The number of likely N-dealkylation sites (tertiary alicyclic amines) is 1. The Morgan fingerprint density at radius 3 is 2.38 bits per heavy atom. The van der Waals surface area contributed by atoms with E-state index in [2.05, 4.69) is 6.92 Å². The van der Waals surface area contributed by atoms with E-state index in [1.54, 1.807) is 6.07 Å². The molecule has 1 aliphatic heterocycles. The van der Waals surface area contributed by atoms with E-state index in [1.165, 1.54) is 17.0 Å². The summed E-state index contributed by atoms with van der Waals surface area (Å²) in [6.07, 6.45) is 2.57. The second-order valence-corrected chi connectivity index (χ2v) is 6.07. The van der Waals surface area contributed by atoms with Crippen molar-refractivity contribution in [3.63, 3.8) is 0 Å².